The zero-order valence-corrected chi connectivity index (χ0v) is 26.4. The molecule has 0 spiro atoms. The van der Waals surface area contributed by atoms with Crippen molar-refractivity contribution in [2.45, 2.75) is 17.8 Å². The summed E-state index contributed by atoms with van der Waals surface area (Å²) in [5.41, 5.74) is -15.6. The number of carbonyl (C=O) groups is 8. The van der Waals surface area contributed by atoms with E-state index in [9.17, 15) is 64.7 Å². The smallest absolute Gasteiger partial charge is 0.411 e. The third kappa shape index (κ3) is 7.81. The predicted molar refractivity (Wildman–Crippen MR) is 165 cm³/mol. The van der Waals surface area contributed by atoms with Crippen LogP contribution in [0.15, 0.2) is 60.7 Å². The summed E-state index contributed by atoms with van der Waals surface area (Å²) in [5, 5.41) is 72.6. The minimum atomic E-state index is -6.27. The van der Waals surface area contributed by atoms with E-state index in [0.717, 1.165) is 24.3 Å². The first-order valence-corrected chi connectivity index (χ1v) is 14.1. The van der Waals surface area contributed by atoms with Crippen molar-refractivity contribution >= 4 is 58.5 Å². The van der Waals surface area contributed by atoms with Gasteiger partial charge in [0.2, 0.25) is 5.41 Å². The van der Waals surface area contributed by atoms with Gasteiger partial charge in [-0.05, 0) is 70.4 Å². The Labute approximate surface area is 298 Å². The molecule has 0 aliphatic heterocycles. The standard InChI is InChI=1S/C19H10F6O8.C14H8O8/c20-18(21,22)17(19(23,24)25,7-1-3-9(13(26)27)11(5-7)15(30)31)8-2-4-10(14(28)29)12(6-8)16(32)33;15-11(16)7-1-5-2-9(13(19)20)10(14(21)22)4-6(5)3-8(7)12(17)18/h1-6H,(H,26,27)(H,28,29)(H,30,31)(H,32,33);1-4H,(H,15,16)(H,17,18)(H,19,20)(H,21,22). The van der Waals surface area contributed by atoms with Crippen LogP contribution in [0.5, 0.6) is 0 Å². The molecular weight excluding hydrogens is 766 g/mol. The molecule has 0 bridgehead atoms. The average molecular weight is 784 g/mol. The molecule has 8 N–H and O–H groups in total. The lowest BCUT2D eigenvalue weighted by Gasteiger charge is -2.38. The number of alkyl halides is 6. The van der Waals surface area contributed by atoms with Gasteiger partial charge < -0.3 is 40.9 Å². The summed E-state index contributed by atoms with van der Waals surface area (Å²) >= 11 is 0. The molecule has 0 radical (unpaired) electrons. The van der Waals surface area contributed by atoms with Gasteiger partial charge in [-0.1, -0.05) is 12.1 Å². The molecular formula is C33H18F6O16. The van der Waals surface area contributed by atoms with Crippen molar-refractivity contribution in [3.8, 4) is 0 Å². The maximum Gasteiger partial charge on any atom is 0.411 e. The normalized spacial score (nSPS) is 11.5. The number of rotatable bonds is 10. The highest BCUT2D eigenvalue weighted by atomic mass is 19.4. The fourth-order valence-corrected chi connectivity index (χ4v) is 5.32. The summed E-state index contributed by atoms with van der Waals surface area (Å²) in [6.07, 6.45) is -12.5. The van der Waals surface area contributed by atoms with Gasteiger partial charge >= 0.3 is 60.1 Å². The van der Waals surface area contributed by atoms with E-state index in [2.05, 4.69) is 0 Å². The fraction of sp³-hybridized carbons (Fsp3) is 0.0909. The Kier molecular flexibility index (Phi) is 11.3. The largest absolute Gasteiger partial charge is 0.478 e. The van der Waals surface area contributed by atoms with E-state index in [1.807, 2.05) is 0 Å². The Bertz CT molecular complexity index is 2110. The Morgan fingerprint density at radius 3 is 0.709 bits per heavy atom. The van der Waals surface area contributed by atoms with E-state index in [4.69, 9.17) is 40.9 Å². The van der Waals surface area contributed by atoms with Crippen molar-refractivity contribution in [1.82, 2.24) is 0 Å². The van der Waals surface area contributed by atoms with Gasteiger partial charge in [0, 0.05) is 0 Å². The summed E-state index contributed by atoms with van der Waals surface area (Å²) in [6.45, 7) is 0. The fourth-order valence-electron chi connectivity index (χ4n) is 5.32. The number of carboxylic acids is 8. The lowest BCUT2D eigenvalue weighted by atomic mass is 9.71. The second-order valence-corrected chi connectivity index (χ2v) is 10.9. The van der Waals surface area contributed by atoms with Gasteiger partial charge in [-0.25, -0.2) is 38.4 Å². The van der Waals surface area contributed by atoms with Gasteiger partial charge in [-0.2, -0.15) is 26.3 Å². The number of hydrogen-bond donors (Lipinski definition) is 8. The van der Waals surface area contributed by atoms with Gasteiger partial charge in [-0.3, -0.25) is 0 Å². The SMILES string of the molecule is O=C(O)c1cc2cc(C(=O)O)c(C(=O)O)cc2cc1C(=O)O.O=C(O)c1ccc(C(c2ccc(C(=O)O)c(C(=O)O)c2)(C(F)(F)F)C(F)(F)F)cc1C(=O)O. The molecule has 0 unspecified atom stereocenters. The molecule has 55 heavy (non-hydrogen) atoms. The third-order valence-electron chi connectivity index (χ3n) is 7.71. The van der Waals surface area contributed by atoms with Crippen LogP contribution in [0.1, 0.15) is 94.0 Å². The Morgan fingerprint density at radius 2 is 0.527 bits per heavy atom. The van der Waals surface area contributed by atoms with Crippen LogP contribution in [0, 0.1) is 0 Å². The first-order valence-electron chi connectivity index (χ1n) is 14.1. The average Bonchev–Trinajstić information content (AvgIpc) is 3.05. The number of hydrogen-bond acceptors (Lipinski definition) is 8. The molecule has 4 aromatic carbocycles. The van der Waals surface area contributed by atoms with E-state index >= 15 is 0 Å². The molecule has 0 saturated heterocycles. The number of carboxylic acid groups (broad SMARTS) is 8. The third-order valence-corrected chi connectivity index (χ3v) is 7.71. The van der Waals surface area contributed by atoms with Crippen LogP contribution in [0.2, 0.25) is 0 Å². The molecule has 22 heteroatoms. The van der Waals surface area contributed by atoms with E-state index in [1.165, 1.54) is 0 Å². The van der Waals surface area contributed by atoms with Crippen molar-refractivity contribution < 1.29 is 106 Å². The van der Waals surface area contributed by atoms with E-state index < -0.39 is 121 Å². The molecule has 0 aliphatic carbocycles. The van der Waals surface area contributed by atoms with Crippen LogP contribution in [0.4, 0.5) is 26.3 Å². The van der Waals surface area contributed by atoms with Crippen LogP contribution in [0.25, 0.3) is 10.8 Å². The lowest BCUT2D eigenvalue weighted by Crippen LogP contribution is -2.55. The minimum Gasteiger partial charge on any atom is -0.478 e. The second-order valence-electron chi connectivity index (χ2n) is 10.9. The molecule has 0 aromatic heterocycles. The van der Waals surface area contributed by atoms with Crippen molar-refractivity contribution in [2.75, 3.05) is 0 Å². The van der Waals surface area contributed by atoms with Crippen molar-refractivity contribution in [3.05, 3.63) is 116 Å². The molecule has 0 saturated carbocycles. The topological polar surface area (TPSA) is 298 Å². The molecule has 16 nitrogen and oxygen atoms in total. The first kappa shape index (κ1) is 41.9. The maximum absolute atomic E-state index is 14.2. The molecule has 0 fully saturated rings. The molecule has 288 valence electrons. The zero-order chi connectivity index (χ0) is 42.1. The van der Waals surface area contributed by atoms with Crippen molar-refractivity contribution in [1.29, 1.82) is 0 Å². The molecule has 0 heterocycles. The second kappa shape index (κ2) is 14.8. The summed E-state index contributed by atoms with van der Waals surface area (Å²) in [5.74, 6) is -14.1. The Hall–Kier alpha value is -7.52. The minimum absolute atomic E-state index is 0.0996. The molecule has 0 atom stereocenters. The van der Waals surface area contributed by atoms with Gasteiger partial charge in [0.05, 0.1) is 44.5 Å². The van der Waals surface area contributed by atoms with Crippen LogP contribution in [0.3, 0.4) is 0 Å². The first-order chi connectivity index (χ1) is 25.2. The number of aromatic carboxylic acids is 8. The van der Waals surface area contributed by atoms with Gasteiger partial charge in [-0.15, -0.1) is 0 Å². The number of halogens is 6. The molecule has 0 amide bonds. The lowest BCUT2D eigenvalue weighted by molar-refractivity contribution is -0.288. The molecule has 0 aliphatic rings. The monoisotopic (exact) mass is 784 g/mol. The molecule has 4 rings (SSSR count). The van der Waals surface area contributed by atoms with E-state index in [-0.39, 0.29) is 47.2 Å². The van der Waals surface area contributed by atoms with Gasteiger partial charge in [0.25, 0.3) is 0 Å². The van der Waals surface area contributed by atoms with Crippen molar-refractivity contribution in [2.24, 2.45) is 0 Å². The van der Waals surface area contributed by atoms with Gasteiger partial charge in [0.1, 0.15) is 0 Å². The summed E-state index contributed by atoms with van der Waals surface area (Å²) in [4.78, 5) is 89.3. The van der Waals surface area contributed by atoms with Crippen LogP contribution >= 0.6 is 0 Å². The highest BCUT2D eigenvalue weighted by Crippen LogP contribution is 2.56. The predicted octanol–water partition coefficient (Wildman–Crippen LogP) is 5.52. The van der Waals surface area contributed by atoms with Crippen LogP contribution < -0.4 is 0 Å². The number of benzene rings is 4. The highest BCUT2D eigenvalue weighted by Gasteiger charge is 2.72. The Balaban J connectivity index is 0.000000320. The van der Waals surface area contributed by atoms with E-state index in [0.29, 0.717) is 0 Å². The van der Waals surface area contributed by atoms with Crippen LogP contribution in [-0.4, -0.2) is 101 Å². The van der Waals surface area contributed by atoms with Crippen molar-refractivity contribution in [3.63, 3.8) is 0 Å². The van der Waals surface area contributed by atoms with Crippen LogP contribution in [-0.2, 0) is 5.41 Å². The maximum atomic E-state index is 14.2. The highest BCUT2D eigenvalue weighted by molar-refractivity contribution is 6.10. The summed E-state index contributed by atoms with van der Waals surface area (Å²) < 4.78 is 85.1. The molecule has 4 aromatic rings. The number of fused-ring (bicyclic) bond motifs is 1. The quantitative estimate of drug-likeness (QED) is 0.0918. The summed E-state index contributed by atoms with van der Waals surface area (Å²) in [7, 11) is 0. The summed E-state index contributed by atoms with van der Waals surface area (Å²) in [6, 6.07) is 4.41. The zero-order valence-electron chi connectivity index (χ0n) is 26.4. The van der Waals surface area contributed by atoms with E-state index in [1.54, 1.807) is 0 Å². The van der Waals surface area contributed by atoms with Gasteiger partial charge in [0.15, 0.2) is 0 Å². The Morgan fingerprint density at radius 1 is 0.327 bits per heavy atom.